The van der Waals surface area contributed by atoms with Crippen LogP contribution in [0.25, 0.3) is 0 Å². The minimum Gasteiger partial charge on any atom is -0.299 e. The van der Waals surface area contributed by atoms with Gasteiger partial charge >= 0.3 is 5.69 Å². The summed E-state index contributed by atoms with van der Waals surface area (Å²) in [5.41, 5.74) is -2.25. The lowest BCUT2D eigenvalue weighted by Crippen LogP contribution is -2.22. The zero-order valence-electron chi connectivity index (χ0n) is 15.6. The summed E-state index contributed by atoms with van der Waals surface area (Å²) >= 11 is 5.93. The molecule has 0 unspecified atom stereocenters. The van der Waals surface area contributed by atoms with E-state index in [1.165, 1.54) is 21.0 Å². The number of aromatic amines is 1. The number of nitrogens with one attached hydrogen (secondary N) is 1. The van der Waals surface area contributed by atoms with Gasteiger partial charge in [-0.25, -0.2) is 22.3 Å². The molecule has 154 valence electrons. The molecule has 1 N–H and O–H groups in total. The Morgan fingerprint density at radius 3 is 2.31 bits per heavy atom. The van der Waals surface area contributed by atoms with Gasteiger partial charge in [0.25, 0.3) is 10.7 Å². The molecule has 0 bridgehead atoms. The highest BCUT2D eigenvalue weighted by Crippen LogP contribution is 2.31. The lowest BCUT2D eigenvalue weighted by molar-refractivity contribution is 0.103. The molecule has 0 atom stereocenters. The smallest absolute Gasteiger partial charge is 0.299 e. The molecule has 2 aromatic heterocycles. The number of ketones is 1. The van der Waals surface area contributed by atoms with Crippen LogP contribution in [0.3, 0.4) is 0 Å². The van der Waals surface area contributed by atoms with Gasteiger partial charge in [0.2, 0.25) is 15.6 Å². The third-order valence-corrected chi connectivity index (χ3v) is 6.54. The molecule has 0 radical (unpaired) electrons. The lowest BCUT2D eigenvalue weighted by Gasteiger charge is -2.10. The Bertz CT molecular complexity index is 1400. The van der Waals surface area contributed by atoms with E-state index in [2.05, 4.69) is 10.2 Å². The number of carbonyl (C=O) groups excluding carboxylic acids is 1. The summed E-state index contributed by atoms with van der Waals surface area (Å²) in [5.74, 6) is -2.45. The minimum atomic E-state index is -4.71. The molecule has 29 heavy (non-hydrogen) atoms. The molecule has 3 aromatic rings. The molecular formula is C16H15ClFN5O5S. The fourth-order valence-electron chi connectivity index (χ4n) is 2.90. The SMILES string of the molecule is Cc1[nH]n(C)c(=O)c1C(=O)c1ccc(Cl)c(S(=O)(=O)c2nn(C)c(=O)n2C)c1F. The Morgan fingerprint density at radius 1 is 1.21 bits per heavy atom. The normalized spacial score (nSPS) is 11.8. The maximum absolute atomic E-state index is 15.2. The molecule has 0 amide bonds. The van der Waals surface area contributed by atoms with Crippen molar-refractivity contribution >= 4 is 27.2 Å². The van der Waals surface area contributed by atoms with Crippen LogP contribution >= 0.6 is 11.6 Å². The predicted octanol–water partition coefficient (Wildman–Crippen LogP) is 0.310. The van der Waals surface area contributed by atoms with Gasteiger partial charge < -0.3 is 0 Å². The van der Waals surface area contributed by atoms with Crippen LogP contribution in [-0.2, 0) is 31.0 Å². The van der Waals surface area contributed by atoms with E-state index >= 15 is 4.39 Å². The Morgan fingerprint density at radius 2 is 1.83 bits per heavy atom. The standard InChI is InChI=1S/C16H15ClFN5O5S/c1-7-10(14(25)22(3)19-7)12(24)8-5-6-9(17)13(11(8)18)29(27,28)15-20-23(4)16(26)21(15)2/h5-6,19H,1-4H3. The summed E-state index contributed by atoms with van der Waals surface area (Å²) in [4.78, 5) is 35.8. The highest BCUT2D eigenvalue weighted by molar-refractivity contribution is 7.91. The van der Waals surface area contributed by atoms with Gasteiger partial charge in [0.1, 0.15) is 10.5 Å². The first-order chi connectivity index (χ1) is 13.4. The van der Waals surface area contributed by atoms with E-state index < -0.39 is 53.3 Å². The Balaban J connectivity index is 2.28. The maximum atomic E-state index is 15.2. The van der Waals surface area contributed by atoms with Crippen molar-refractivity contribution in [3.05, 3.63) is 60.6 Å². The summed E-state index contributed by atoms with van der Waals surface area (Å²) in [6.45, 7) is 1.45. The first-order valence-electron chi connectivity index (χ1n) is 8.03. The molecule has 0 aliphatic carbocycles. The number of nitrogens with zero attached hydrogens (tertiary/aromatic N) is 4. The molecule has 0 saturated heterocycles. The molecule has 0 aliphatic rings. The van der Waals surface area contributed by atoms with Crippen molar-refractivity contribution in [2.75, 3.05) is 0 Å². The predicted molar refractivity (Wildman–Crippen MR) is 99.5 cm³/mol. The average molecular weight is 444 g/mol. The summed E-state index contributed by atoms with van der Waals surface area (Å²) in [7, 11) is -0.954. The van der Waals surface area contributed by atoms with Crippen molar-refractivity contribution < 1.29 is 17.6 Å². The maximum Gasteiger partial charge on any atom is 0.346 e. The van der Waals surface area contributed by atoms with E-state index in [0.717, 1.165) is 28.5 Å². The Hall–Kier alpha value is -2.99. The van der Waals surface area contributed by atoms with E-state index in [-0.39, 0.29) is 11.3 Å². The summed E-state index contributed by atoms with van der Waals surface area (Å²) in [6.07, 6.45) is 0. The van der Waals surface area contributed by atoms with Crippen molar-refractivity contribution in [2.45, 2.75) is 17.0 Å². The molecule has 0 fully saturated rings. The molecule has 10 nitrogen and oxygen atoms in total. The number of carbonyl (C=O) groups is 1. The zero-order chi connectivity index (χ0) is 21.8. The average Bonchev–Trinajstić information content (AvgIpc) is 3.04. The number of hydrogen-bond donors (Lipinski definition) is 1. The van der Waals surface area contributed by atoms with Gasteiger partial charge in [-0.05, 0) is 19.1 Å². The molecular weight excluding hydrogens is 429 g/mol. The van der Waals surface area contributed by atoms with E-state index in [0.29, 0.717) is 4.57 Å². The van der Waals surface area contributed by atoms with Gasteiger partial charge in [0.15, 0.2) is 5.82 Å². The second-order valence-electron chi connectivity index (χ2n) is 6.29. The topological polar surface area (TPSA) is 129 Å². The Labute approximate surface area is 168 Å². The second-order valence-corrected chi connectivity index (χ2v) is 8.48. The van der Waals surface area contributed by atoms with Crippen LogP contribution < -0.4 is 11.2 Å². The van der Waals surface area contributed by atoms with E-state index in [1.807, 2.05) is 0 Å². The van der Waals surface area contributed by atoms with Crippen molar-refractivity contribution in [3.63, 3.8) is 0 Å². The lowest BCUT2D eigenvalue weighted by atomic mass is 10.0. The number of sulfone groups is 1. The number of hydrogen-bond acceptors (Lipinski definition) is 6. The first-order valence-corrected chi connectivity index (χ1v) is 9.89. The van der Waals surface area contributed by atoms with Gasteiger partial charge in [0, 0.05) is 26.8 Å². The second kappa shape index (κ2) is 6.81. The van der Waals surface area contributed by atoms with Gasteiger partial charge in [-0.1, -0.05) is 11.6 Å². The summed E-state index contributed by atoms with van der Waals surface area (Å²) in [5, 5.41) is 4.98. The fourth-order valence-corrected chi connectivity index (χ4v) is 4.88. The largest absolute Gasteiger partial charge is 0.346 e. The quantitative estimate of drug-likeness (QED) is 0.578. The molecule has 0 spiro atoms. The summed E-state index contributed by atoms with van der Waals surface area (Å²) in [6, 6.07) is 2.01. The van der Waals surface area contributed by atoms with Gasteiger partial charge in [0.05, 0.1) is 10.6 Å². The van der Waals surface area contributed by atoms with Crippen LogP contribution in [0, 0.1) is 12.7 Å². The van der Waals surface area contributed by atoms with Crippen molar-refractivity contribution in [2.24, 2.45) is 21.1 Å². The number of H-pyrrole nitrogens is 1. The van der Waals surface area contributed by atoms with E-state index in [9.17, 15) is 22.8 Å². The number of aromatic nitrogens is 5. The minimum absolute atomic E-state index is 0.188. The van der Waals surface area contributed by atoms with Crippen LogP contribution in [0.5, 0.6) is 0 Å². The molecule has 1 aromatic carbocycles. The molecule has 3 rings (SSSR count). The van der Waals surface area contributed by atoms with Gasteiger partial charge in [-0.3, -0.25) is 23.9 Å². The monoisotopic (exact) mass is 443 g/mol. The zero-order valence-corrected chi connectivity index (χ0v) is 17.2. The van der Waals surface area contributed by atoms with Crippen LogP contribution in [-0.4, -0.2) is 38.3 Å². The van der Waals surface area contributed by atoms with Crippen LogP contribution in [0.1, 0.15) is 21.6 Å². The number of aryl methyl sites for hydroxylation is 3. The first kappa shape index (κ1) is 20.7. The van der Waals surface area contributed by atoms with Gasteiger partial charge in [-0.15, -0.1) is 5.10 Å². The van der Waals surface area contributed by atoms with Crippen LogP contribution in [0.4, 0.5) is 4.39 Å². The van der Waals surface area contributed by atoms with Crippen LogP contribution in [0.2, 0.25) is 5.02 Å². The number of halogens is 2. The van der Waals surface area contributed by atoms with Gasteiger partial charge in [-0.2, -0.15) is 0 Å². The van der Waals surface area contributed by atoms with E-state index in [4.69, 9.17) is 11.6 Å². The molecule has 2 heterocycles. The number of benzene rings is 1. The highest BCUT2D eigenvalue weighted by Gasteiger charge is 2.34. The van der Waals surface area contributed by atoms with Crippen molar-refractivity contribution in [1.82, 2.24) is 24.1 Å². The third kappa shape index (κ3) is 3.04. The van der Waals surface area contributed by atoms with Crippen molar-refractivity contribution in [1.29, 1.82) is 0 Å². The Kier molecular flexibility index (Phi) is 4.87. The highest BCUT2D eigenvalue weighted by atomic mass is 35.5. The van der Waals surface area contributed by atoms with Crippen LogP contribution in [0.15, 0.2) is 31.8 Å². The molecule has 0 aliphatic heterocycles. The fraction of sp³-hybridized carbons (Fsp3) is 0.250. The molecule has 13 heteroatoms. The number of rotatable bonds is 4. The third-order valence-electron chi connectivity index (χ3n) is 4.34. The van der Waals surface area contributed by atoms with E-state index in [1.54, 1.807) is 0 Å². The molecule has 0 saturated carbocycles. The summed E-state index contributed by atoms with van der Waals surface area (Å²) < 4.78 is 43.7. The van der Waals surface area contributed by atoms with Crippen molar-refractivity contribution in [3.8, 4) is 0 Å².